The number of carboxylic acids is 1. The molecule has 3 heteroatoms. The summed E-state index contributed by atoms with van der Waals surface area (Å²) < 4.78 is 5.76. The molecule has 3 nitrogen and oxygen atoms in total. The molecular formula is C21H34O3. The molecular weight excluding hydrogens is 300 g/mol. The zero-order chi connectivity index (χ0) is 17.5. The molecule has 0 aliphatic rings. The second-order valence-corrected chi connectivity index (χ2v) is 6.57. The molecule has 0 amide bonds. The van der Waals surface area contributed by atoms with Crippen LogP contribution in [0.2, 0.25) is 0 Å². The summed E-state index contributed by atoms with van der Waals surface area (Å²) in [7, 11) is 0. The lowest BCUT2D eigenvalue weighted by atomic mass is 10.0. The third-order valence-electron chi connectivity index (χ3n) is 4.30. The summed E-state index contributed by atoms with van der Waals surface area (Å²) in [5.74, 6) is 0.303. The van der Waals surface area contributed by atoms with Crippen molar-refractivity contribution >= 4 is 5.97 Å². The van der Waals surface area contributed by atoms with Crippen molar-refractivity contribution in [3.63, 3.8) is 0 Å². The third-order valence-corrected chi connectivity index (χ3v) is 4.30. The van der Waals surface area contributed by atoms with Gasteiger partial charge in [0.2, 0.25) is 0 Å². The first kappa shape index (κ1) is 20.5. The predicted octanol–water partition coefficient (Wildman–Crippen LogP) is 6.00. The number of hydrogen-bond acceptors (Lipinski definition) is 2. The molecule has 0 spiro atoms. The Bertz CT molecular complexity index is 425. The van der Waals surface area contributed by atoms with Gasteiger partial charge >= 0.3 is 5.97 Å². The summed E-state index contributed by atoms with van der Waals surface area (Å²) in [6.45, 7) is 3.04. The normalized spacial score (nSPS) is 10.7. The first-order chi connectivity index (χ1) is 11.7. The summed E-state index contributed by atoms with van der Waals surface area (Å²) in [6, 6.07) is 8.52. The maximum absolute atomic E-state index is 10.4. The van der Waals surface area contributed by atoms with Crippen molar-refractivity contribution in [1.29, 1.82) is 0 Å². The standard InChI is InChI=1S/C21H34O3/c1-2-3-4-11-18-24-20-16-14-19(15-17-20)12-9-7-5-6-8-10-13-21(22)23/h14-17H,2-13,18H2,1H3,(H,22,23). The van der Waals surface area contributed by atoms with Crippen molar-refractivity contribution in [2.75, 3.05) is 6.61 Å². The molecule has 0 saturated heterocycles. The van der Waals surface area contributed by atoms with Crippen LogP contribution in [0.15, 0.2) is 24.3 Å². The van der Waals surface area contributed by atoms with E-state index in [0.29, 0.717) is 6.42 Å². The van der Waals surface area contributed by atoms with Gasteiger partial charge in [0.15, 0.2) is 0 Å². The van der Waals surface area contributed by atoms with Gasteiger partial charge in [-0.05, 0) is 43.4 Å². The van der Waals surface area contributed by atoms with Crippen LogP contribution in [0.4, 0.5) is 0 Å². The Morgan fingerprint density at radius 2 is 1.50 bits per heavy atom. The van der Waals surface area contributed by atoms with E-state index in [2.05, 4.69) is 31.2 Å². The van der Waals surface area contributed by atoms with Gasteiger partial charge in [-0.2, -0.15) is 0 Å². The molecule has 0 unspecified atom stereocenters. The maximum Gasteiger partial charge on any atom is 0.303 e. The molecule has 0 aliphatic carbocycles. The van der Waals surface area contributed by atoms with E-state index in [1.54, 1.807) is 0 Å². The number of carboxylic acid groups (broad SMARTS) is 1. The quantitative estimate of drug-likeness (QED) is 0.400. The predicted molar refractivity (Wildman–Crippen MR) is 99.7 cm³/mol. The van der Waals surface area contributed by atoms with E-state index in [4.69, 9.17) is 9.84 Å². The van der Waals surface area contributed by atoms with E-state index in [1.807, 2.05) is 0 Å². The molecule has 0 aliphatic heterocycles. The fraction of sp³-hybridized carbons (Fsp3) is 0.667. The highest BCUT2D eigenvalue weighted by molar-refractivity contribution is 5.66. The highest BCUT2D eigenvalue weighted by atomic mass is 16.5. The molecule has 0 radical (unpaired) electrons. The number of aryl methyl sites for hydroxylation is 1. The van der Waals surface area contributed by atoms with Crippen LogP contribution >= 0.6 is 0 Å². The van der Waals surface area contributed by atoms with Crippen molar-refractivity contribution in [3.05, 3.63) is 29.8 Å². The highest BCUT2D eigenvalue weighted by Gasteiger charge is 1.99. The van der Waals surface area contributed by atoms with Gasteiger partial charge in [0.1, 0.15) is 5.75 Å². The number of carbonyl (C=O) groups is 1. The number of benzene rings is 1. The van der Waals surface area contributed by atoms with Crippen LogP contribution < -0.4 is 4.74 Å². The van der Waals surface area contributed by atoms with Gasteiger partial charge < -0.3 is 9.84 Å². The van der Waals surface area contributed by atoms with Crippen LogP contribution in [0, 0.1) is 0 Å². The Kier molecular flexibility index (Phi) is 11.9. The molecule has 1 aromatic rings. The van der Waals surface area contributed by atoms with Crippen LogP contribution in [-0.2, 0) is 11.2 Å². The lowest BCUT2D eigenvalue weighted by molar-refractivity contribution is -0.137. The van der Waals surface area contributed by atoms with Gasteiger partial charge in [0.05, 0.1) is 6.61 Å². The van der Waals surface area contributed by atoms with Crippen molar-refractivity contribution in [3.8, 4) is 5.75 Å². The Labute approximate surface area is 147 Å². The number of ether oxygens (including phenoxy) is 1. The number of unbranched alkanes of at least 4 members (excludes halogenated alkanes) is 8. The molecule has 0 saturated carbocycles. The summed E-state index contributed by atoms with van der Waals surface area (Å²) >= 11 is 0. The van der Waals surface area contributed by atoms with E-state index in [0.717, 1.165) is 44.5 Å². The van der Waals surface area contributed by atoms with Crippen LogP contribution in [0.1, 0.15) is 83.1 Å². The van der Waals surface area contributed by atoms with E-state index < -0.39 is 5.97 Å². The van der Waals surface area contributed by atoms with Crippen LogP contribution in [0.5, 0.6) is 5.75 Å². The monoisotopic (exact) mass is 334 g/mol. The lowest BCUT2D eigenvalue weighted by Crippen LogP contribution is -1.97. The molecule has 1 N–H and O–H groups in total. The maximum atomic E-state index is 10.4. The minimum atomic E-state index is -0.677. The molecule has 0 aromatic heterocycles. The van der Waals surface area contributed by atoms with E-state index in [-0.39, 0.29) is 0 Å². The highest BCUT2D eigenvalue weighted by Crippen LogP contribution is 2.16. The van der Waals surface area contributed by atoms with Crippen molar-refractivity contribution in [1.82, 2.24) is 0 Å². The Morgan fingerprint density at radius 3 is 2.17 bits per heavy atom. The molecule has 1 aromatic carbocycles. The smallest absolute Gasteiger partial charge is 0.303 e. The molecule has 0 atom stereocenters. The number of aliphatic carboxylic acids is 1. The topological polar surface area (TPSA) is 46.5 Å². The van der Waals surface area contributed by atoms with Crippen molar-refractivity contribution in [2.45, 2.75) is 84.0 Å². The van der Waals surface area contributed by atoms with E-state index >= 15 is 0 Å². The van der Waals surface area contributed by atoms with Crippen molar-refractivity contribution in [2.24, 2.45) is 0 Å². The second kappa shape index (κ2) is 13.9. The second-order valence-electron chi connectivity index (χ2n) is 6.57. The van der Waals surface area contributed by atoms with Gasteiger partial charge in [0.25, 0.3) is 0 Å². The Hall–Kier alpha value is -1.51. The molecule has 0 bridgehead atoms. The van der Waals surface area contributed by atoms with Gasteiger partial charge in [-0.25, -0.2) is 0 Å². The molecule has 1 rings (SSSR count). The molecule has 0 fully saturated rings. The van der Waals surface area contributed by atoms with E-state index in [1.165, 1.54) is 44.1 Å². The van der Waals surface area contributed by atoms with Gasteiger partial charge in [-0.1, -0.05) is 64.0 Å². The summed E-state index contributed by atoms with van der Waals surface area (Å²) in [4.78, 5) is 10.4. The summed E-state index contributed by atoms with van der Waals surface area (Å²) in [6.07, 6.45) is 13.0. The zero-order valence-corrected chi connectivity index (χ0v) is 15.3. The van der Waals surface area contributed by atoms with Crippen LogP contribution in [0.3, 0.4) is 0 Å². The zero-order valence-electron chi connectivity index (χ0n) is 15.3. The van der Waals surface area contributed by atoms with Crippen LogP contribution in [0.25, 0.3) is 0 Å². The average molecular weight is 334 g/mol. The van der Waals surface area contributed by atoms with Crippen LogP contribution in [-0.4, -0.2) is 17.7 Å². The van der Waals surface area contributed by atoms with Gasteiger partial charge in [-0.3, -0.25) is 4.79 Å². The largest absolute Gasteiger partial charge is 0.494 e. The summed E-state index contributed by atoms with van der Waals surface area (Å²) in [5.41, 5.74) is 1.37. The number of rotatable bonds is 15. The molecule has 24 heavy (non-hydrogen) atoms. The lowest BCUT2D eigenvalue weighted by Gasteiger charge is -2.07. The first-order valence-electron chi connectivity index (χ1n) is 9.66. The fourth-order valence-electron chi connectivity index (χ4n) is 2.78. The van der Waals surface area contributed by atoms with Gasteiger partial charge in [-0.15, -0.1) is 0 Å². The SMILES string of the molecule is CCCCCCOc1ccc(CCCCCCCCC(=O)O)cc1. The minimum absolute atomic E-state index is 0.313. The van der Waals surface area contributed by atoms with E-state index in [9.17, 15) is 4.79 Å². The third kappa shape index (κ3) is 11.1. The first-order valence-corrected chi connectivity index (χ1v) is 9.66. The van der Waals surface area contributed by atoms with Gasteiger partial charge in [0, 0.05) is 6.42 Å². The molecule has 0 heterocycles. The number of hydrogen-bond donors (Lipinski definition) is 1. The average Bonchev–Trinajstić information content (AvgIpc) is 2.58. The minimum Gasteiger partial charge on any atom is -0.494 e. The van der Waals surface area contributed by atoms with Crippen molar-refractivity contribution < 1.29 is 14.6 Å². The fourth-order valence-corrected chi connectivity index (χ4v) is 2.78. The summed E-state index contributed by atoms with van der Waals surface area (Å²) in [5, 5.41) is 8.57. The molecule has 136 valence electrons. The Morgan fingerprint density at radius 1 is 0.875 bits per heavy atom. The Balaban J connectivity index is 2.02.